The summed E-state index contributed by atoms with van der Waals surface area (Å²) in [5.74, 6) is -0.204. The summed E-state index contributed by atoms with van der Waals surface area (Å²) in [7, 11) is 0. The number of hydrogen-bond acceptors (Lipinski definition) is 4. The van der Waals surface area contributed by atoms with Gasteiger partial charge in [0.05, 0.1) is 10.6 Å². The molecular formula is C11H7F3N4S. The van der Waals surface area contributed by atoms with Crippen LogP contribution in [0, 0.1) is 11.3 Å². The van der Waals surface area contributed by atoms with Crippen molar-refractivity contribution >= 4 is 17.6 Å². The first-order chi connectivity index (χ1) is 8.92. The summed E-state index contributed by atoms with van der Waals surface area (Å²) >= 11 is -0.437. The van der Waals surface area contributed by atoms with Crippen molar-refractivity contribution in [2.75, 3.05) is 5.73 Å². The average Bonchev–Trinajstić information content (AvgIpc) is 2.66. The maximum atomic E-state index is 12.4. The molecule has 1 aromatic carbocycles. The molecule has 0 unspecified atom stereocenters. The van der Waals surface area contributed by atoms with Gasteiger partial charge in [-0.3, -0.25) is 0 Å². The lowest BCUT2D eigenvalue weighted by atomic mass is 10.3. The standard InChI is InChI=1S/C11H7F3N4S/c12-11(13,14)19-9-8(6-15)17-18(10(9)16)7-4-2-1-3-5-7/h1-5H,16H2. The van der Waals surface area contributed by atoms with E-state index in [4.69, 9.17) is 11.0 Å². The van der Waals surface area contributed by atoms with Gasteiger partial charge in [-0.1, -0.05) is 18.2 Å². The third-order valence-corrected chi connectivity index (χ3v) is 3.04. The number of thioether (sulfide) groups is 1. The number of halogens is 3. The van der Waals surface area contributed by atoms with Gasteiger partial charge in [0.1, 0.15) is 11.9 Å². The monoisotopic (exact) mass is 284 g/mol. The molecule has 1 heterocycles. The summed E-state index contributed by atoms with van der Waals surface area (Å²) in [4.78, 5) is -0.376. The van der Waals surface area contributed by atoms with E-state index in [1.165, 1.54) is 0 Å². The highest BCUT2D eigenvalue weighted by molar-refractivity contribution is 8.00. The van der Waals surface area contributed by atoms with Gasteiger partial charge in [0, 0.05) is 0 Å². The fourth-order valence-electron chi connectivity index (χ4n) is 1.47. The molecule has 2 aromatic rings. The summed E-state index contributed by atoms with van der Waals surface area (Å²) in [6.07, 6.45) is 0. The van der Waals surface area contributed by atoms with Crippen molar-refractivity contribution in [3.8, 4) is 11.8 Å². The zero-order valence-electron chi connectivity index (χ0n) is 9.35. The van der Waals surface area contributed by atoms with Gasteiger partial charge >= 0.3 is 5.51 Å². The smallest absolute Gasteiger partial charge is 0.383 e. The number of anilines is 1. The van der Waals surface area contributed by atoms with Crippen LogP contribution in [0.5, 0.6) is 0 Å². The van der Waals surface area contributed by atoms with Crippen LogP contribution in [0.25, 0.3) is 5.69 Å². The lowest BCUT2D eigenvalue weighted by molar-refractivity contribution is -0.0328. The van der Waals surface area contributed by atoms with Crippen LogP contribution in [-0.4, -0.2) is 15.3 Å². The summed E-state index contributed by atoms with van der Waals surface area (Å²) < 4.78 is 38.3. The molecule has 0 aliphatic carbocycles. The van der Waals surface area contributed by atoms with Crippen LogP contribution in [0.3, 0.4) is 0 Å². The Hall–Kier alpha value is -2.14. The minimum atomic E-state index is -4.52. The van der Waals surface area contributed by atoms with Crippen LogP contribution in [-0.2, 0) is 0 Å². The Balaban J connectivity index is 2.53. The van der Waals surface area contributed by atoms with Crippen molar-refractivity contribution < 1.29 is 13.2 Å². The molecular weight excluding hydrogens is 277 g/mol. The Morgan fingerprint density at radius 2 is 1.89 bits per heavy atom. The molecule has 1 aromatic heterocycles. The molecule has 8 heteroatoms. The van der Waals surface area contributed by atoms with E-state index in [0.29, 0.717) is 5.69 Å². The molecule has 2 rings (SSSR count). The van der Waals surface area contributed by atoms with E-state index < -0.39 is 17.3 Å². The maximum Gasteiger partial charge on any atom is 0.446 e. The first-order valence-corrected chi connectivity index (χ1v) is 5.84. The van der Waals surface area contributed by atoms with Crippen molar-refractivity contribution in [2.45, 2.75) is 10.4 Å². The first-order valence-electron chi connectivity index (χ1n) is 5.02. The lowest BCUT2D eigenvalue weighted by Crippen LogP contribution is -2.04. The number of hydrogen-bond donors (Lipinski definition) is 1. The van der Waals surface area contributed by atoms with Crippen molar-refractivity contribution in [1.29, 1.82) is 5.26 Å². The van der Waals surface area contributed by atoms with E-state index in [0.717, 1.165) is 4.68 Å². The third-order valence-electron chi connectivity index (χ3n) is 2.20. The highest BCUT2D eigenvalue weighted by Gasteiger charge is 2.34. The molecule has 0 spiro atoms. The van der Waals surface area contributed by atoms with E-state index in [2.05, 4.69) is 5.10 Å². The van der Waals surface area contributed by atoms with E-state index in [1.807, 2.05) is 0 Å². The number of benzene rings is 1. The van der Waals surface area contributed by atoms with Gasteiger partial charge in [-0.25, -0.2) is 4.68 Å². The minimum Gasteiger partial charge on any atom is -0.383 e. The van der Waals surface area contributed by atoms with Gasteiger partial charge in [0.15, 0.2) is 5.69 Å². The summed E-state index contributed by atoms with van der Waals surface area (Å²) in [6.45, 7) is 0. The fraction of sp³-hybridized carbons (Fsp3) is 0.0909. The minimum absolute atomic E-state index is 0.204. The predicted molar refractivity (Wildman–Crippen MR) is 64.6 cm³/mol. The number of aromatic nitrogens is 2. The predicted octanol–water partition coefficient (Wildman–Crippen LogP) is 2.94. The SMILES string of the molecule is N#Cc1nn(-c2ccccc2)c(N)c1SC(F)(F)F. The molecule has 2 N–H and O–H groups in total. The number of nitriles is 1. The maximum absolute atomic E-state index is 12.4. The van der Waals surface area contributed by atoms with Crippen LogP contribution >= 0.6 is 11.8 Å². The number of nitrogens with two attached hydrogens (primary N) is 1. The average molecular weight is 284 g/mol. The van der Waals surface area contributed by atoms with E-state index >= 15 is 0 Å². The van der Waals surface area contributed by atoms with E-state index in [1.54, 1.807) is 36.4 Å². The zero-order valence-corrected chi connectivity index (χ0v) is 10.2. The molecule has 98 valence electrons. The highest BCUT2D eigenvalue weighted by atomic mass is 32.2. The topological polar surface area (TPSA) is 67.6 Å². The summed E-state index contributed by atoms with van der Waals surface area (Å²) in [6, 6.07) is 10.0. The number of alkyl halides is 3. The van der Waals surface area contributed by atoms with E-state index in [-0.39, 0.29) is 16.4 Å². The van der Waals surface area contributed by atoms with Gasteiger partial charge in [0.25, 0.3) is 0 Å². The van der Waals surface area contributed by atoms with Crippen LogP contribution in [0.4, 0.5) is 19.0 Å². The number of rotatable bonds is 2. The van der Waals surface area contributed by atoms with Gasteiger partial charge < -0.3 is 5.73 Å². The number of para-hydroxylation sites is 1. The Morgan fingerprint density at radius 3 is 2.42 bits per heavy atom. The third kappa shape index (κ3) is 2.82. The quantitative estimate of drug-likeness (QED) is 0.861. The lowest BCUT2D eigenvalue weighted by Gasteiger charge is -2.06. The molecule has 0 bridgehead atoms. The van der Waals surface area contributed by atoms with Crippen molar-refractivity contribution in [3.63, 3.8) is 0 Å². The second kappa shape index (κ2) is 4.85. The largest absolute Gasteiger partial charge is 0.446 e. The van der Waals surface area contributed by atoms with Gasteiger partial charge in [0.2, 0.25) is 0 Å². The fourth-order valence-corrected chi connectivity index (χ4v) is 2.08. The Labute approximate surface area is 110 Å². The first kappa shape index (κ1) is 13.3. The number of nitrogen functional groups attached to an aromatic ring is 1. The zero-order chi connectivity index (χ0) is 14.0. The van der Waals surface area contributed by atoms with Crippen molar-refractivity contribution in [3.05, 3.63) is 36.0 Å². The highest BCUT2D eigenvalue weighted by Crippen LogP contribution is 2.41. The molecule has 0 saturated carbocycles. The van der Waals surface area contributed by atoms with Gasteiger partial charge in [-0.15, -0.1) is 0 Å². The van der Waals surface area contributed by atoms with Crippen molar-refractivity contribution in [2.24, 2.45) is 0 Å². The molecule has 0 radical (unpaired) electrons. The second-order valence-corrected chi connectivity index (χ2v) is 4.55. The molecule has 0 fully saturated rings. The number of nitrogens with zero attached hydrogens (tertiary/aromatic N) is 3. The molecule has 0 aliphatic rings. The Morgan fingerprint density at radius 1 is 1.26 bits per heavy atom. The Kier molecular flexibility index (Phi) is 3.40. The molecule has 4 nitrogen and oxygen atoms in total. The summed E-state index contributed by atoms with van der Waals surface area (Å²) in [5, 5.41) is 12.6. The van der Waals surface area contributed by atoms with Crippen LogP contribution in [0.1, 0.15) is 5.69 Å². The van der Waals surface area contributed by atoms with Crippen molar-refractivity contribution in [1.82, 2.24) is 9.78 Å². The van der Waals surface area contributed by atoms with Gasteiger partial charge in [-0.05, 0) is 23.9 Å². The van der Waals surface area contributed by atoms with Crippen LogP contribution in [0.15, 0.2) is 35.2 Å². The molecule has 0 aliphatic heterocycles. The van der Waals surface area contributed by atoms with E-state index in [9.17, 15) is 13.2 Å². The summed E-state index contributed by atoms with van der Waals surface area (Å²) in [5.41, 5.74) is 1.27. The molecule has 0 saturated heterocycles. The van der Waals surface area contributed by atoms with Crippen LogP contribution in [0.2, 0.25) is 0 Å². The second-order valence-electron chi connectivity index (χ2n) is 3.47. The molecule has 0 amide bonds. The molecule has 0 atom stereocenters. The Bertz CT molecular complexity index is 628. The van der Waals surface area contributed by atoms with Gasteiger partial charge in [-0.2, -0.15) is 23.5 Å². The normalized spacial score (nSPS) is 11.3. The molecule has 19 heavy (non-hydrogen) atoms. The van der Waals surface area contributed by atoms with Crippen LogP contribution < -0.4 is 5.73 Å².